The second kappa shape index (κ2) is 8.02. The normalized spacial score (nSPS) is 18.9. The Morgan fingerprint density at radius 3 is 2.63 bits per heavy atom. The number of pyridine rings is 1. The fraction of sp³-hybridized carbons (Fsp3) is 0.261. The molecule has 30 heavy (non-hydrogen) atoms. The van der Waals surface area contributed by atoms with Gasteiger partial charge in [0.05, 0.1) is 17.9 Å². The van der Waals surface area contributed by atoms with Crippen LogP contribution in [0.3, 0.4) is 0 Å². The number of aromatic nitrogens is 5. The smallest absolute Gasteiger partial charge is 0.267 e. The predicted molar refractivity (Wildman–Crippen MR) is 116 cm³/mol. The maximum absolute atomic E-state index is 12.5. The quantitative estimate of drug-likeness (QED) is 0.562. The molecule has 0 spiro atoms. The van der Waals surface area contributed by atoms with Crippen molar-refractivity contribution in [3.63, 3.8) is 0 Å². The molecular formula is C23H22N6O. The maximum atomic E-state index is 12.5. The molecule has 1 saturated carbocycles. The zero-order chi connectivity index (χ0) is 20.3. The van der Waals surface area contributed by atoms with Crippen molar-refractivity contribution in [2.24, 2.45) is 0 Å². The van der Waals surface area contributed by atoms with Crippen LogP contribution in [-0.4, -0.2) is 31.0 Å². The lowest BCUT2D eigenvalue weighted by Gasteiger charge is -2.30. The molecule has 1 aromatic carbocycles. The van der Waals surface area contributed by atoms with Crippen LogP contribution in [0.5, 0.6) is 0 Å². The third-order valence-electron chi connectivity index (χ3n) is 5.74. The van der Waals surface area contributed by atoms with Crippen molar-refractivity contribution in [1.82, 2.24) is 25.0 Å². The summed E-state index contributed by atoms with van der Waals surface area (Å²) < 4.78 is 1.65. The molecule has 1 aliphatic rings. The van der Waals surface area contributed by atoms with Gasteiger partial charge in [-0.05, 0) is 43.9 Å². The fourth-order valence-electron chi connectivity index (χ4n) is 4.15. The first-order chi connectivity index (χ1) is 14.8. The van der Waals surface area contributed by atoms with Gasteiger partial charge >= 0.3 is 0 Å². The average Bonchev–Trinajstić information content (AvgIpc) is 2.81. The monoisotopic (exact) mass is 398 g/mol. The van der Waals surface area contributed by atoms with E-state index in [1.807, 2.05) is 30.3 Å². The second-order valence-electron chi connectivity index (χ2n) is 7.67. The highest BCUT2D eigenvalue weighted by Crippen LogP contribution is 2.30. The highest BCUT2D eigenvalue weighted by atomic mass is 16.1. The summed E-state index contributed by atoms with van der Waals surface area (Å²) in [5.74, 6) is 0.824. The van der Waals surface area contributed by atoms with Crippen LogP contribution in [0, 0.1) is 0 Å². The van der Waals surface area contributed by atoms with E-state index in [0.29, 0.717) is 6.04 Å². The molecule has 0 saturated heterocycles. The molecule has 0 unspecified atom stereocenters. The Balaban J connectivity index is 1.31. The largest absolute Gasteiger partial charge is 0.365 e. The zero-order valence-electron chi connectivity index (χ0n) is 16.5. The zero-order valence-corrected chi connectivity index (χ0v) is 16.5. The van der Waals surface area contributed by atoms with E-state index in [0.717, 1.165) is 53.5 Å². The van der Waals surface area contributed by atoms with Gasteiger partial charge in [-0.1, -0.05) is 24.3 Å². The Labute approximate surface area is 173 Å². The third-order valence-corrected chi connectivity index (χ3v) is 5.74. The molecule has 7 nitrogen and oxygen atoms in total. The molecule has 4 aromatic rings. The first-order valence-corrected chi connectivity index (χ1v) is 10.3. The minimum atomic E-state index is -0.0565. The van der Waals surface area contributed by atoms with Gasteiger partial charge in [-0.15, -0.1) is 5.10 Å². The molecular weight excluding hydrogens is 376 g/mol. The lowest BCUT2D eigenvalue weighted by atomic mass is 9.91. The maximum Gasteiger partial charge on any atom is 0.267 e. The number of nitrogens with one attached hydrogen (secondary N) is 1. The molecule has 0 aliphatic heterocycles. The van der Waals surface area contributed by atoms with Gasteiger partial charge in [-0.25, -0.2) is 4.68 Å². The van der Waals surface area contributed by atoms with E-state index in [-0.39, 0.29) is 11.6 Å². The standard InChI is InChI=1S/C23H22N6O/c30-22-12-11-21(17-5-3-13-24-14-17)28-29(22)19-9-7-18(8-10-19)26-23-20-6-2-1-4-16(20)15-25-27-23/h1-6,11-15,18-19H,7-10H2,(H,26,27). The molecule has 7 heteroatoms. The van der Waals surface area contributed by atoms with Crippen molar-refractivity contribution >= 4 is 16.6 Å². The first kappa shape index (κ1) is 18.4. The first-order valence-electron chi connectivity index (χ1n) is 10.3. The molecule has 1 aliphatic carbocycles. The van der Waals surface area contributed by atoms with Gasteiger partial charge in [-0.3, -0.25) is 9.78 Å². The van der Waals surface area contributed by atoms with E-state index in [1.54, 1.807) is 35.4 Å². The van der Waals surface area contributed by atoms with E-state index in [1.165, 1.54) is 0 Å². The minimum absolute atomic E-state index is 0.0565. The van der Waals surface area contributed by atoms with Crippen LogP contribution >= 0.6 is 0 Å². The summed E-state index contributed by atoms with van der Waals surface area (Å²) in [4.78, 5) is 16.6. The van der Waals surface area contributed by atoms with Gasteiger partial charge in [0.2, 0.25) is 0 Å². The summed E-state index contributed by atoms with van der Waals surface area (Å²) in [5, 5.41) is 18.8. The summed E-state index contributed by atoms with van der Waals surface area (Å²) in [6.45, 7) is 0. The Morgan fingerprint density at radius 2 is 1.80 bits per heavy atom. The van der Waals surface area contributed by atoms with Crippen LogP contribution in [0.25, 0.3) is 22.0 Å². The van der Waals surface area contributed by atoms with Crippen LogP contribution in [0.15, 0.2) is 71.9 Å². The highest BCUT2D eigenvalue weighted by molar-refractivity contribution is 5.90. The predicted octanol–water partition coefficient (Wildman–Crippen LogP) is 3.84. The Bertz CT molecular complexity index is 1210. The molecule has 1 N–H and O–H groups in total. The number of anilines is 1. The highest BCUT2D eigenvalue weighted by Gasteiger charge is 2.24. The average molecular weight is 398 g/mol. The Hall–Kier alpha value is -3.61. The van der Waals surface area contributed by atoms with Gasteiger partial charge in [0.25, 0.3) is 5.56 Å². The van der Waals surface area contributed by atoms with E-state index in [9.17, 15) is 4.79 Å². The summed E-state index contributed by atoms with van der Waals surface area (Å²) in [7, 11) is 0. The summed E-state index contributed by atoms with van der Waals surface area (Å²) in [5.41, 5.74) is 1.63. The van der Waals surface area contributed by atoms with Crippen molar-refractivity contribution < 1.29 is 0 Å². The van der Waals surface area contributed by atoms with Crippen LogP contribution in [0.1, 0.15) is 31.7 Å². The lowest BCUT2D eigenvalue weighted by Crippen LogP contribution is -2.33. The third kappa shape index (κ3) is 3.66. The van der Waals surface area contributed by atoms with E-state index in [2.05, 4.69) is 31.7 Å². The molecule has 0 radical (unpaired) electrons. The molecule has 5 rings (SSSR count). The molecule has 3 aromatic heterocycles. The molecule has 0 amide bonds. The Morgan fingerprint density at radius 1 is 0.933 bits per heavy atom. The van der Waals surface area contributed by atoms with Crippen molar-refractivity contribution in [3.05, 3.63) is 77.5 Å². The minimum Gasteiger partial charge on any atom is -0.365 e. The van der Waals surface area contributed by atoms with Crippen molar-refractivity contribution in [3.8, 4) is 11.3 Å². The van der Waals surface area contributed by atoms with Gasteiger partial charge in [0.15, 0.2) is 5.82 Å². The summed E-state index contributed by atoms with van der Waals surface area (Å²) >= 11 is 0. The number of fused-ring (bicyclic) bond motifs is 1. The van der Waals surface area contributed by atoms with Crippen LogP contribution in [0.4, 0.5) is 5.82 Å². The molecule has 1 fully saturated rings. The summed E-state index contributed by atoms with van der Waals surface area (Å²) in [6.07, 6.45) is 8.95. The number of benzene rings is 1. The van der Waals surface area contributed by atoms with E-state index >= 15 is 0 Å². The molecule has 150 valence electrons. The molecule has 3 heterocycles. The SMILES string of the molecule is O=c1ccc(-c2cccnc2)nn1C1CCC(Nc2nncc3ccccc23)CC1. The fourth-order valence-corrected chi connectivity index (χ4v) is 4.15. The van der Waals surface area contributed by atoms with Crippen LogP contribution in [0.2, 0.25) is 0 Å². The van der Waals surface area contributed by atoms with Gasteiger partial charge in [0.1, 0.15) is 0 Å². The number of hydrogen-bond acceptors (Lipinski definition) is 6. The van der Waals surface area contributed by atoms with E-state index in [4.69, 9.17) is 0 Å². The van der Waals surface area contributed by atoms with Crippen molar-refractivity contribution in [2.45, 2.75) is 37.8 Å². The van der Waals surface area contributed by atoms with Crippen LogP contribution in [-0.2, 0) is 0 Å². The van der Waals surface area contributed by atoms with Crippen molar-refractivity contribution in [1.29, 1.82) is 0 Å². The summed E-state index contributed by atoms with van der Waals surface area (Å²) in [6, 6.07) is 15.7. The van der Waals surface area contributed by atoms with Crippen LogP contribution < -0.4 is 10.9 Å². The van der Waals surface area contributed by atoms with Gasteiger partial charge in [-0.2, -0.15) is 10.2 Å². The number of nitrogens with zero attached hydrogens (tertiary/aromatic N) is 5. The molecule has 0 atom stereocenters. The Kier molecular flexibility index (Phi) is 4.93. The lowest BCUT2D eigenvalue weighted by molar-refractivity contribution is 0.304. The topological polar surface area (TPSA) is 85.6 Å². The van der Waals surface area contributed by atoms with Crippen molar-refractivity contribution in [2.75, 3.05) is 5.32 Å². The number of hydrogen-bond donors (Lipinski definition) is 1. The second-order valence-corrected chi connectivity index (χ2v) is 7.67. The van der Waals surface area contributed by atoms with Gasteiger partial charge < -0.3 is 5.32 Å². The molecule has 0 bridgehead atoms. The van der Waals surface area contributed by atoms with E-state index < -0.39 is 0 Å². The van der Waals surface area contributed by atoms with Gasteiger partial charge in [0, 0.05) is 40.8 Å². The number of rotatable bonds is 4.